The maximum Gasteiger partial charge on any atom is 0.417 e. The number of rotatable bonds is 4. The Morgan fingerprint density at radius 1 is 0.941 bits per heavy atom. The van der Waals surface area contributed by atoms with Crippen LogP contribution in [0, 0.1) is 30.6 Å². The molecule has 1 saturated carbocycles. The largest absolute Gasteiger partial charge is 0.508 e. The minimum absolute atomic E-state index is 0.0110. The lowest BCUT2D eigenvalue weighted by molar-refractivity contribution is -0.146. The van der Waals surface area contributed by atoms with Gasteiger partial charge in [0, 0.05) is 22.7 Å². The molecule has 3 heterocycles. The number of imide groups is 2. The molecule has 2 aromatic carbocycles. The predicted octanol–water partition coefficient (Wildman–Crippen LogP) is 7.20. The zero-order valence-corrected chi connectivity index (χ0v) is 29.4. The fraction of sp³-hybridized carbons (Fsp3) is 0.378. The molecule has 0 bridgehead atoms. The van der Waals surface area contributed by atoms with Crippen LogP contribution in [0.3, 0.4) is 0 Å². The van der Waals surface area contributed by atoms with E-state index in [4.69, 9.17) is 23.2 Å². The average molecular weight is 742 g/mol. The van der Waals surface area contributed by atoms with E-state index >= 15 is 4.79 Å². The smallest absolute Gasteiger partial charge is 0.417 e. The number of nitrogens with one attached hydrogen (secondary N) is 1. The number of aryl methyl sites for hydroxylation is 1. The van der Waals surface area contributed by atoms with Crippen molar-refractivity contribution in [2.75, 3.05) is 5.43 Å². The molecule has 0 radical (unpaired) electrons. The third-order valence-corrected chi connectivity index (χ3v) is 11.3. The van der Waals surface area contributed by atoms with E-state index in [1.807, 2.05) is 6.08 Å². The van der Waals surface area contributed by atoms with Gasteiger partial charge in [-0.25, -0.2) is 4.98 Å². The number of benzene rings is 2. The summed E-state index contributed by atoms with van der Waals surface area (Å²) in [6.07, 6.45) is -2.03. The van der Waals surface area contributed by atoms with Crippen molar-refractivity contribution in [2.24, 2.45) is 23.7 Å². The number of hydrogen-bond acceptors (Lipinski definition) is 7. The number of allylic oxidation sites excluding steroid dienone is 2. The van der Waals surface area contributed by atoms with E-state index < -0.39 is 69.1 Å². The highest BCUT2D eigenvalue weighted by Gasteiger charge is 2.70. The van der Waals surface area contributed by atoms with Crippen LogP contribution in [-0.2, 0) is 30.8 Å². The van der Waals surface area contributed by atoms with E-state index in [0.29, 0.717) is 39.5 Å². The molecule has 2 N–H and O–H groups in total. The molecule has 6 atom stereocenters. The number of fused-ring (bicyclic) bond motifs is 4. The number of carbonyl (C=O) groups excluding carboxylic acids is 4. The Hall–Kier alpha value is -4.42. The number of hydrogen-bond donors (Lipinski definition) is 2. The normalized spacial score (nSPS) is 27.7. The molecule has 3 fully saturated rings. The summed E-state index contributed by atoms with van der Waals surface area (Å²) in [6.45, 7) is 7.05. The van der Waals surface area contributed by atoms with Crippen molar-refractivity contribution in [2.45, 2.75) is 63.6 Å². The van der Waals surface area contributed by atoms with Crippen molar-refractivity contribution < 1.29 is 37.5 Å². The van der Waals surface area contributed by atoms with Gasteiger partial charge in [-0.2, -0.15) is 18.2 Å². The topological polar surface area (TPSA) is 120 Å². The Balaban J connectivity index is 1.44. The molecule has 1 aromatic heterocycles. The standard InChI is InChI=1S/C37H33Cl2F3N4O5/c1-17-13-18(5-12-27(17)47)29-22-10-11-23-28(33(50)45(31(23)48)35(2,3)4)24(22)15-25-32(49)46(34(51)36(25,29)19-6-8-21(38)9-7-19)44-30-26(39)14-20(16-43-30)37(40,41)42/h5-10,12-14,16,23-25,28-29,47H,11,15H2,1-4H3,(H,43,44). The summed E-state index contributed by atoms with van der Waals surface area (Å²) >= 11 is 12.5. The number of nitrogens with zero attached hydrogens (tertiary/aromatic N) is 3. The Kier molecular flexibility index (Phi) is 8.11. The maximum absolute atomic E-state index is 15.2. The van der Waals surface area contributed by atoms with Gasteiger partial charge >= 0.3 is 6.18 Å². The number of halogens is 5. The van der Waals surface area contributed by atoms with Crippen molar-refractivity contribution >= 4 is 52.6 Å². The highest BCUT2D eigenvalue weighted by Crippen LogP contribution is 2.64. The second kappa shape index (κ2) is 11.8. The molecule has 14 heteroatoms. The first-order valence-corrected chi connectivity index (χ1v) is 17.1. The van der Waals surface area contributed by atoms with E-state index in [1.54, 1.807) is 64.1 Å². The van der Waals surface area contributed by atoms with Crippen LogP contribution in [0.2, 0.25) is 10.0 Å². The molecule has 2 saturated heterocycles. The average Bonchev–Trinajstić information content (AvgIpc) is 3.44. The summed E-state index contributed by atoms with van der Waals surface area (Å²) in [7, 11) is 0. The number of phenols is 1. The fourth-order valence-corrected chi connectivity index (χ4v) is 9.01. The number of phenolic OH excluding ortho intramolecular Hbond substituents is 1. The van der Waals surface area contributed by atoms with Crippen LogP contribution >= 0.6 is 23.2 Å². The molecule has 266 valence electrons. The Morgan fingerprint density at radius 3 is 2.24 bits per heavy atom. The first-order valence-electron chi connectivity index (χ1n) is 16.4. The molecule has 4 aliphatic rings. The van der Waals surface area contributed by atoms with Crippen LogP contribution < -0.4 is 5.43 Å². The van der Waals surface area contributed by atoms with Crippen LogP contribution in [0.1, 0.15) is 61.8 Å². The van der Waals surface area contributed by atoms with Crippen molar-refractivity contribution in [1.29, 1.82) is 0 Å². The molecule has 4 amide bonds. The maximum atomic E-state index is 15.2. The summed E-state index contributed by atoms with van der Waals surface area (Å²) in [4.78, 5) is 63.0. The van der Waals surface area contributed by atoms with Gasteiger partial charge in [-0.15, -0.1) is 0 Å². The van der Waals surface area contributed by atoms with Gasteiger partial charge in [0.25, 0.3) is 11.8 Å². The minimum atomic E-state index is -4.74. The van der Waals surface area contributed by atoms with E-state index in [-0.39, 0.29) is 36.2 Å². The summed E-state index contributed by atoms with van der Waals surface area (Å²) in [5.74, 6) is -6.49. The summed E-state index contributed by atoms with van der Waals surface area (Å²) in [5, 5.41) is 11.2. The lowest BCUT2D eigenvalue weighted by atomic mass is 9.49. The molecule has 7 rings (SSSR count). The summed E-state index contributed by atoms with van der Waals surface area (Å²) in [6, 6.07) is 12.1. The molecule has 2 aliphatic heterocycles. The number of carbonyl (C=O) groups is 4. The zero-order chi connectivity index (χ0) is 36.9. The summed E-state index contributed by atoms with van der Waals surface area (Å²) in [5.41, 5.74) is 1.28. The number of pyridine rings is 1. The minimum Gasteiger partial charge on any atom is -0.508 e. The van der Waals surface area contributed by atoms with Crippen LogP contribution in [0.15, 0.2) is 66.4 Å². The predicted molar refractivity (Wildman–Crippen MR) is 181 cm³/mol. The van der Waals surface area contributed by atoms with Crippen molar-refractivity contribution in [3.63, 3.8) is 0 Å². The number of likely N-dealkylation sites (tertiary alicyclic amines) is 1. The molecular weight excluding hydrogens is 708 g/mol. The Morgan fingerprint density at radius 2 is 1.63 bits per heavy atom. The Labute approximate surface area is 301 Å². The van der Waals surface area contributed by atoms with Gasteiger partial charge in [-0.1, -0.05) is 59.1 Å². The first-order chi connectivity index (χ1) is 23.9. The molecular formula is C37H33Cl2F3N4O5. The van der Waals surface area contributed by atoms with Crippen molar-refractivity contribution in [3.8, 4) is 5.75 Å². The number of aromatic hydroxyl groups is 1. The molecule has 3 aromatic rings. The van der Waals surface area contributed by atoms with Gasteiger partial charge in [-0.05, 0) is 87.4 Å². The molecule has 0 spiro atoms. The molecule has 2 aliphatic carbocycles. The van der Waals surface area contributed by atoms with Crippen molar-refractivity contribution in [3.05, 3.63) is 98.7 Å². The van der Waals surface area contributed by atoms with Crippen LogP contribution in [0.5, 0.6) is 5.75 Å². The van der Waals surface area contributed by atoms with Gasteiger partial charge in [0.05, 0.1) is 33.8 Å². The van der Waals surface area contributed by atoms with Gasteiger partial charge in [0.15, 0.2) is 5.82 Å². The second-order valence-corrected chi connectivity index (χ2v) is 15.5. The third kappa shape index (κ3) is 5.24. The van der Waals surface area contributed by atoms with Gasteiger partial charge in [0.1, 0.15) is 5.75 Å². The number of amides is 4. The van der Waals surface area contributed by atoms with E-state index in [1.165, 1.54) is 11.0 Å². The van der Waals surface area contributed by atoms with E-state index in [0.717, 1.165) is 5.01 Å². The molecule has 51 heavy (non-hydrogen) atoms. The monoisotopic (exact) mass is 740 g/mol. The highest BCUT2D eigenvalue weighted by molar-refractivity contribution is 6.33. The SMILES string of the molecule is Cc1cc(C2C3=CCC4C(=O)N(C(C)(C)C)C(=O)C4C3CC3C(=O)N(Nc4ncc(C(F)(F)F)cc4Cl)C(=O)C32c2ccc(Cl)cc2)ccc1O. The van der Waals surface area contributed by atoms with Crippen LogP contribution in [-0.4, -0.2) is 49.2 Å². The number of aromatic nitrogens is 1. The second-order valence-electron chi connectivity index (χ2n) is 14.6. The third-order valence-electron chi connectivity index (χ3n) is 10.8. The van der Waals surface area contributed by atoms with Crippen LogP contribution in [0.25, 0.3) is 0 Å². The highest BCUT2D eigenvalue weighted by atomic mass is 35.5. The lowest BCUT2D eigenvalue weighted by Gasteiger charge is -2.50. The quantitative estimate of drug-likeness (QED) is 0.214. The first kappa shape index (κ1) is 35.0. The van der Waals surface area contributed by atoms with E-state index in [9.17, 15) is 32.7 Å². The molecule has 6 unspecified atom stereocenters. The number of hydrazine groups is 1. The van der Waals surface area contributed by atoms with Crippen molar-refractivity contribution in [1.82, 2.24) is 14.9 Å². The molecule has 9 nitrogen and oxygen atoms in total. The van der Waals surface area contributed by atoms with Gasteiger partial charge in [-0.3, -0.25) is 29.5 Å². The zero-order valence-electron chi connectivity index (χ0n) is 27.9. The van der Waals surface area contributed by atoms with E-state index in [2.05, 4.69) is 10.4 Å². The Bertz CT molecular complexity index is 2050. The lowest BCUT2D eigenvalue weighted by Crippen LogP contribution is -2.53. The van der Waals surface area contributed by atoms with Crippen LogP contribution in [0.4, 0.5) is 19.0 Å². The fourth-order valence-electron chi connectivity index (χ4n) is 8.68. The number of alkyl halides is 3. The van der Waals surface area contributed by atoms with Gasteiger partial charge in [0.2, 0.25) is 11.8 Å². The van der Waals surface area contributed by atoms with Gasteiger partial charge < -0.3 is 5.11 Å². The number of anilines is 1. The summed E-state index contributed by atoms with van der Waals surface area (Å²) < 4.78 is 40.3.